The van der Waals surface area contributed by atoms with Gasteiger partial charge in [0.1, 0.15) is 11.9 Å². The van der Waals surface area contributed by atoms with Crippen molar-refractivity contribution >= 4 is 23.8 Å². The highest BCUT2D eigenvalue weighted by Crippen LogP contribution is 2.31. The van der Waals surface area contributed by atoms with Crippen LogP contribution >= 0.6 is 0 Å². The lowest BCUT2D eigenvalue weighted by Gasteiger charge is -2.26. The maximum absolute atomic E-state index is 15.3. The molecule has 5 aromatic rings. The quantitative estimate of drug-likeness (QED) is 0.00831. The second kappa shape index (κ2) is 26.5. The third-order valence-corrected chi connectivity index (χ3v) is 13.1. The average molecular weight is 1020 g/mol. The molecule has 5 rings (SSSR count). The minimum absolute atomic E-state index is 0.0195. The molecule has 390 valence electrons. The molecule has 0 spiro atoms. The van der Waals surface area contributed by atoms with Crippen LogP contribution in [0.3, 0.4) is 0 Å². The molecule has 0 fully saturated rings. The molecule has 0 aliphatic rings. The normalized spacial score (nSPS) is 13.4. The maximum atomic E-state index is 15.3. The second-order valence-corrected chi connectivity index (χ2v) is 17.9. The van der Waals surface area contributed by atoms with Crippen molar-refractivity contribution in [2.45, 2.75) is 131 Å². The highest BCUT2D eigenvalue weighted by molar-refractivity contribution is 5.51. The summed E-state index contributed by atoms with van der Waals surface area (Å²) in [6.45, 7) is 15.5. The molecule has 2 aromatic heterocycles. The van der Waals surface area contributed by atoms with Gasteiger partial charge in [0.15, 0.2) is 29.8 Å². The Morgan fingerprint density at radius 1 is 0.597 bits per heavy atom. The van der Waals surface area contributed by atoms with Crippen LogP contribution in [0.5, 0.6) is 0 Å². The van der Waals surface area contributed by atoms with Gasteiger partial charge in [-0.2, -0.15) is 8.78 Å². The largest absolute Gasteiger partial charge is 0.339 e. The standard InChI is InChI=1S/C54H62F10N6O2/c1-7-13-17-19-27-69(51-47(61)43(57)41(55)44(58)48(51)62)65-29-35-23-25-37(67(35)31-33(11-5)21-15-9-3)39-53(71)40(54(39)72)38-26-24-36(68(38)32-34(12-6)22-16-10-4)30-66-70(28-20-18-14-8-2)52-49(63)45(59)42(56)46(60)50(52)64/h7-8,23-26,29-30,33-34H,1-2,9-22,27-28,31-32H2,3-6H3/p+1. The van der Waals surface area contributed by atoms with Crippen LogP contribution in [0.4, 0.5) is 55.3 Å². The molecular weight excluding hydrogens is 955 g/mol. The lowest BCUT2D eigenvalue weighted by Crippen LogP contribution is -2.39. The van der Waals surface area contributed by atoms with Crippen molar-refractivity contribution < 1.29 is 48.6 Å². The van der Waals surface area contributed by atoms with E-state index in [1.54, 1.807) is 39.5 Å². The number of allylic oxidation sites excluding steroid dienone is 2. The fraction of sp³-hybridized carbons (Fsp3) is 0.444. The van der Waals surface area contributed by atoms with Crippen LogP contribution in [0.25, 0.3) is 12.4 Å². The summed E-state index contributed by atoms with van der Waals surface area (Å²) in [6.07, 6.45) is 14.7. The van der Waals surface area contributed by atoms with E-state index in [0.29, 0.717) is 48.6 Å². The van der Waals surface area contributed by atoms with Gasteiger partial charge in [0.05, 0.1) is 31.8 Å². The van der Waals surface area contributed by atoms with Gasteiger partial charge in [-0.1, -0.05) is 83.1 Å². The Balaban J connectivity index is 1.81. The van der Waals surface area contributed by atoms with Crippen LogP contribution in [-0.2, 0) is 13.1 Å². The summed E-state index contributed by atoms with van der Waals surface area (Å²) in [7, 11) is 0. The highest BCUT2D eigenvalue weighted by atomic mass is 19.2. The molecule has 2 atom stereocenters. The van der Waals surface area contributed by atoms with Crippen LogP contribution in [0, 0.1) is 91.1 Å². The maximum Gasteiger partial charge on any atom is 0.309 e. The Kier molecular flexibility index (Phi) is 20.9. The van der Waals surface area contributed by atoms with Crippen molar-refractivity contribution in [3.63, 3.8) is 0 Å². The molecule has 72 heavy (non-hydrogen) atoms. The predicted octanol–water partition coefficient (Wildman–Crippen LogP) is 12.3. The first-order valence-electron chi connectivity index (χ1n) is 24.7. The van der Waals surface area contributed by atoms with Gasteiger partial charge in [-0.05, 0) is 86.2 Å². The zero-order chi connectivity index (χ0) is 52.8. The van der Waals surface area contributed by atoms with Gasteiger partial charge >= 0.3 is 5.69 Å². The number of azo groups is 2. The van der Waals surface area contributed by atoms with Gasteiger partial charge in [0.25, 0.3) is 0 Å². The van der Waals surface area contributed by atoms with Gasteiger partial charge in [-0.25, -0.2) is 35.1 Å². The molecule has 0 amide bonds. The lowest BCUT2D eigenvalue weighted by atomic mass is 9.99. The van der Waals surface area contributed by atoms with E-state index >= 15 is 17.6 Å². The van der Waals surface area contributed by atoms with E-state index < -0.39 is 80.4 Å². The van der Waals surface area contributed by atoms with Crippen molar-refractivity contribution in [1.82, 2.24) is 14.6 Å². The van der Waals surface area contributed by atoms with Crippen molar-refractivity contribution in [2.75, 3.05) is 18.1 Å². The van der Waals surface area contributed by atoms with E-state index in [1.807, 2.05) is 27.7 Å². The van der Waals surface area contributed by atoms with Crippen LogP contribution in [0.2, 0.25) is 0 Å². The van der Waals surface area contributed by atoms with Crippen molar-refractivity contribution in [3.8, 4) is 0 Å². The molecule has 0 saturated heterocycles. The number of rotatable bonds is 27. The van der Waals surface area contributed by atoms with E-state index in [2.05, 4.69) is 23.7 Å². The topological polar surface area (TPSA) is 74.6 Å². The number of hydrogen-bond acceptors (Lipinski definition) is 5. The minimum Gasteiger partial charge on any atom is -0.339 e. The molecule has 0 aliphatic carbocycles. The van der Waals surface area contributed by atoms with E-state index in [9.17, 15) is 35.9 Å². The molecular formula is C54H63F10N6O2+. The van der Waals surface area contributed by atoms with E-state index in [0.717, 1.165) is 43.5 Å². The smallest absolute Gasteiger partial charge is 0.309 e. The summed E-state index contributed by atoms with van der Waals surface area (Å²) in [5, 5.41) is 5.82. The van der Waals surface area contributed by atoms with Crippen LogP contribution in [0.15, 0.2) is 64.3 Å². The van der Waals surface area contributed by atoms with Gasteiger partial charge in [-0.15, -0.1) is 13.2 Å². The monoisotopic (exact) mass is 1020 g/mol. The van der Waals surface area contributed by atoms with Gasteiger partial charge in [0, 0.05) is 32.3 Å². The molecule has 1 N–H and O–H groups in total. The Bertz CT molecular complexity index is 3070. The Morgan fingerprint density at radius 2 is 1.04 bits per heavy atom. The van der Waals surface area contributed by atoms with Crippen LogP contribution in [-0.4, -0.2) is 26.9 Å². The Morgan fingerprint density at radius 3 is 1.51 bits per heavy atom. The number of benzene rings is 2. The van der Waals surface area contributed by atoms with Crippen molar-refractivity contribution in [1.29, 1.82) is 0 Å². The molecule has 0 radical (unpaired) electrons. The van der Waals surface area contributed by atoms with E-state index in [4.69, 9.17) is 0 Å². The molecule has 0 saturated carbocycles. The first kappa shape index (κ1) is 56.7. The predicted molar refractivity (Wildman–Crippen MR) is 259 cm³/mol. The minimum atomic E-state index is -2.31. The molecule has 2 heterocycles. The number of nitrogens with zero attached hydrogens (tertiary/aromatic N) is 5. The summed E-state index contributed by atoms with van der Waals surface area (Å²) >= 11 is 0. The average Bonchev–Trinajstić information content (AvgIpc) is 3.95. The molecule has 0 aliphatic heterocycles. The summed E-state index contributed by atoms with van der Waals surface area (Å²) in [5.74, 6) is -21.2. The zero-order valence-corrected chi connectivity index (χ0v) is 41.2. The molecule has 2 unspecified atom stereocenters. The van der Waals surface area contributed by atoms with E-state index in [-0.39, 0.29) is 77.3 Å². The first-order valence-corrected chi connectivity index (χ1v) is 24.7. The highest BCUT2D eigenvalue weighted by Gasteiger charge is 2.34. The summed E-state index contributed by atoms with van der Waals surface area (Å²) in [6, 6.07) is 6.19. The number of halogens is 10. The zero-order valence-electron chi connectivity index (χ0n) is 41.2. The van der Waals surface area contributed by atoms with Crippen molar-refractivity contribution in [3.05, 3.63) is 160 Å². The SMILES string of the molecule is C=CCCCCN(NC=c1ccc(=c2c(=O)c(=c3cc/c(=C\N=[N+](CCCCC=C)c4c(F)c(F)c(F)c(F)c4F)n3CC(CC)CCCC)c2=O)n1CC(CC)CCCC)c1c(F)c(F)c(F)c(F)c1F. The third-order valence-electron chi connectivity index (χ3n) is 13.1. The number of hydrazine groups is 1. The number of nitrogens with one attached hydrogen (secondary N) is 1. The summed E-state index contributed by atoms with van der Waals surface area (Å²) in [5.41, 5.74) is -0.911. The Labute approximate surface area is 411 Å². The third kappa shape index (κ3) is 12.5. The molecule has 0 bridgehead atoms. The van der Waals surface area contributed by atoms with Crippen LogP contribution in [0.1, 0.15) is 118 Å². The van der Waals surface area contributed by atoms with Crippen LogP contribution < -0.4 is 32.0 Å². The fourth-order valence-electron chi connectivity index (χ4n) is 8.76. The summed E-state index contributed by atoms with van der Waals surface area (Å²) in [4.78, 5) is 29.1. The molecule has 3 aromatic carbocycles. The number of unbranched alkanes of at least 4 members (excludes halogenated alkanes) is 6. The first-order chi connectivity index (χ1) is 34.5. The summed E-state index contributed by atoms with van der Waals surface area (Å²) < 4.78 is 151. The Hall–Kier alpha value is -6.20. The van der Waals surface area contributed by atoms with Crippen molar-refractivity contribution in [2.24, 2.45) is 17.0 Å². The lowest BCUT2D eigenvalue weighted by molar-refractivity contribution is -0.512. The molecule has 8 nitrogen and oxygen atoms in total. The second-order valence-electron chi connectivity index (χ2n) is 17.9. The number of aromatic nitrogens is 2. The number of hydrogen-bond donors (Lipinski definition) is 1. The van der Waals surface area contributed by atoms with Gasteiger partial charge in [0.2, 0.25) is 45.8 Å². The number of anilines is 1. The van der Waals surface area contributed by atoms with Gasteiger partial charge in [-0.3, -0.25) is 14.6 Å². The van der Waals surface area contributed by atoms with E-state index in [1.165, 1.54) is 18.5 Å². The van der Waals surface area contributed by atoms with Gasteiger partial charge < -0.3 is 14.6 Å². The molecule has 18 heteroatoms. The fourth-order valence-corrected chi connectivity index (χ4v) is 8.76.